The number of aromatic nitrogens is 2. The van der Waals surface area contributed by atoms with Crippen LogP contribution in [-0.4, -0.2) is 84.5 Å². The van der Waals surface area contributed by atoms with Crippen LogP contribution in [0.2, 0.25) is 0 Å². The average Bonchev–Trinajstić information content (AvgIpc) is 3.09. The average molecular weight is 688 g/mol. The number of carboxylic acids is 1. The Hall–Kier alpha value is -5.38. The van der Waals surface area contributed by atoms with Crippen molar-refractivity contribution >= 4 is 46.7 Å². The number of amides is 3. The highest BCUT2D eigenvalue weighted by atomic mass is 19.4. The van der Waals surface area contributed by atoms with Gasteiger partial charge >= 0.3 is 18.2 Å². The van der Waals surface area contributed by atoms with Crippen molar-refractivity contribution < 1.29 is 42.1 Å². The highest BCUT2D eigenvalue weighted by molar-refractivity contribution is 6.11. The number of nitrogens with one attached hydrogen (secondary N) is 2. The van der Waals surface area contributed by atoms with Crippen LogP contribution in [0.5, 0.6) is 11.5 Å². The van der Waals surface area contributed by atoms with Crippen LogP contribution in [0.25, 0.3) is 0 Å². The van der Waals surface area contributed by atoms with E-state index in [1.807, 2.05) is 0 Å². The van der Waals surface area contributed by atoms with Crippen LogP contribution in [-0.2, 0) is 16.1 Å². The first-order chi connectivity index (χ1) is 23.3. The molecule has 4 rings (SSSR count). The first kappa shape index (κ1) is 38.1. The number of hydrogen-bond acceptors (Lipinski definition) is 9. The number of fused-ring (bicyclic) bond motifs is 1. The lowest BCUT2D eigenvalue weighted by atomic mass is 10.1. The number of carbonyl (C=O) groups excluding carboxylic acids is 2. The van der Waals surface area contributed by atoms with E-state index in [2.05, 4.69) is 40.9 Å². The SMILES string of the molecule is C=CC(=O)Nc1cccc(N2C(=O)N(c3cc(OC)cc(OC)c3)Cc3cnc(NCCCCN(CC)CC)nc32)c1.O=C(O)C(F)(F)F. The number of unbranched alkanes of at least 4 members (excludes halogenated alkanes) is 1. The van der Waals surface area contributed by atoms with Gasteiger partial charge < -0.3 is 30.1 Å². The summed E-state index contributed by atoms with van der Waals surface area (Å²) >= 11 is 0. The lowest BCUT2D eigenvalue weighted by Gasteiger charge is -2.36. The minimum absolute atomic E-state index is 0.248. The molecule has 1 aliphatic rings. The number of urea groups is 1. The van der Waals surface area contributed by atoms with Crippen LogP contribution in [0.1, 0.15) is 32.3 Å². The number of ether oxygens (including phenoxy) is 2. The number of halogens is 3. The summed E-state index contributed by atoms with van der Waals surface area (Å²) in [6.45, 7) is 12.0. The summed E-state index contributed by atoms with van der Waals surface area (Å²) in [5.74, 6) is -1.08. The zero-order chi connectivity index (χ0) is 36.1. The first-order valence-corrected chi connectivity index (χ1v) is 15.3. The molecule has 2 aromatic carbocycles. The van der Waals surface area contributed by atoms with Gasteiger partial charge in [-0.05, 0) is 56.8 Å². The lowest BCUT2D eigenvalue weighted by Crippen LogP contribution is -2.45. The van der Waals surface area contributed by atoms with Gasteiger partial charge in [0.05, 0.1) is 32.1 Å². The molecule has 0 spiro atoms. The van der Waals surface area contributed by atoms with Gasteiger partial charge in [-0.25, -0.2) is 19.5 Å². The Bertz CT molecular complexity index is 1600. The van der Waals surface area contributed by atoms with Gasteiger partial charge in [-0.2, -0.15) is 18.2 Å². The number of carboxylic acid groups (broad SMARTS) is 1. The fourth-order valence-corrected chi connectivity index (χ4v) is 4.74. The molecule has 2 heterocycles. The van der Waals surface area contributed by atoms with E-state index in [0.29, 0.717) is 46.9 Å². The molecule has 0 saturated heterocycles. The van der Waals surface area contributed by atoms with Gasteiger partial charge in [0.15, 0.2) is 5.82 Å². The van der Waals surface area contributed by atoms with Crippen LogP contribution in [0, 0.1) is 0 Å². The van der Waals surface area contributed by atoms with Crippen molar-refractivity contribution in [3.05, 3.63) is 66.9 Å². The Morgan fingerprint density at radius 2 is 1.71 bits per heavy atom. The minimum Gasteiger partial charge on any atom is -0.497 e. The molecule has 49 heavy (non-hydrogen) atoms. The highest BCUT2D eigenvalue weighted by Crippen LogP contribution is 2.38. The Morgan fingerprint density at radius 3 is 2.29 bits per heavy atom. The van der Waals surface area contributed by atoms with Crippen LogP contribution in [0.3, 0.4) is 0 Å². The quantitative estimate of drug-likeness (QED) is 0.135. The third-order valence-electron chi connectivity index (χ3n) is 7.33. The van der Waals surface area contributed by atoms with E-state index in [4.69, 9.17) is 24.4 Å². The molecule has 16 heteroatoms. The second kappa shape index (κ2) is 17.7. The van der Waals surface area contributed by atoms with Crippen molar-refractivity contribution in [2.24, 2.45) is 0 Å². The molecule has 3 amide bonds. The molecule has 0 saturated carbocycles. The van der Waals surface area contributed by atoms with E-state index in [1.165, 1.54) is 11.0 Å². The largest absolute Gasteiger partial charge is 0.497 e. The van der Waals surface area contributed by atoms with Gasteiger partial charge in [0.1, 0.15) is 11.5 Å². The predicted molar refractivity (Wildman–Crippen MR) is 180 cm³/mol. The minimum atomic E-state index is -5.08. The Morgan fingerprint density at radius 1 is 1.06 bits per heavy atom. The molecule has 13 nitrogen and oxygen atoms in total. The van der Waals surface area contributed by atoms with Crippen molar-refractivity contribution in [2.75, 3.05) is 60.8 Å². The summed E-state index contributed by atoms with van der Waals surface area (Å²) in [5, 5.41) is 13.2. The van der Waals surface area contributed by atoms with Crippen LogP contribution >= 0.6 is 0 Å². The van der Waals surface area contributed by atoms with Crippen LogP contribution < -0.4 is 29.9 Å². The van der Waals surface area contributed by atoms with Crippen LogP contribution in [0.15, 0.2) is 61.3 Å². The van der Waals surface area contributed by atoms with Crippen molar-refractivity contribution in [3.63, 3.8) is 0 Å². The second-order valence-corrected chi connectivity index (χ2v) is 10.5. The topological polar surface area (TPSA) is 149 Å². The van der Waals surface area contributed by atoms with E-state index < -0.39 is 12.1 Å². The summed E-state index contributed by atoms with van der Waals surface area (Å²) in [5.41, 5.74) is 2.40. The van der Waals surface area contributed by atoms with Gasteiger partial charge in [-0.15, -0.1) is 0 Å². The summed E-state index contributed by atoms with van der Waals surface area (Å²) in [6.07, 6.45) is -0.116. The Balaban J connectivity index is 0.000000838. The smallest absolute Gasteiger partial charge is 0.490 e. The molecule has 1 aromatic heterocycles. The highest BCUT2D eigenvalue weighted by Gasteiger charge is 2.38. The predicted octanol–water partition coefficient (Wildman–Crippen LogP) is 6.06. The van der Waals surface area contributed by atoms with Gasteiger partial charge in [-0.3, -0.25) is 9.69 Å². The number of aliphatic carboxylic acids is 1. The van der Waals surface area contributed by atoms with Crippen molar-refractivity contribution in [1.29, 1.82) is 0 Å². The maximum atomic E-state index is 14.2. The van der Waals surface area contributed by atoms with E-state index in [-0.39, 0.29) is 18.5 Å². The maximum Gasteiger partial charge on any atom is 0.490 e. The van der Waals surface area contributed by atoms with Gasteiger partial charge in [0, 0.05) is 42.2 Å². The second-order valence-electron chi connectivity index (χ2n) is 10.5. The van der Waals surface area contributed by atoms with Crippen LogP contribution in [0.4, 0.5) is 46.8 Å². The first-order valence-electron chi connectivity index (χ1n) is 15.3. The Labute approximate surface area is 282 Å². The lowest BCUT2D eigenvalue weighted by molar-refractivity contribution is -0.192. The summed E-state index contributed by atoms with van der Waals surface area (Å²) in [6, 6.07) is 12.0. The number of hydrogen-bond donors (Lipinski definition) is 3. The van der Waals surface area contributed by atoms with Gasteiger partial charge in [0.25, 0.3) is 0 Å². The molecule has 0 fully saturated rings. The Kier molecular flexibility index (Phi) is 13.7. The summed E-state index contributed by atoms with van der Waals surface area (Å²) in [7, 11) is 3.13. The zero-order valence-corrected chi connectivity index (χ0v) is 27.7. The van der Waals surface area contributed by atoms with E-state index in [1.54, 1.807) is 67.8 Å². The van der Waals surface area contributed by atoms with Gasteiger partial charge in [0.2, 0.25) is 11.9 Å². The molecule has 3 N–H and O–H groups in total. The molecule has 264 valence electrons. The number of carbonyl (C=O) groups is 3. The number of alkyl halides is 3. The maximum absolute atomic E-state index is 14.2. The van der Waals surface area contributed by atoms with Gasteiger partial charge in [-0.1, -0.05) is 26.5 Å². The monoisotopic (exact) mass is 687 g/mol. The number of benzene rings is 2. The van der Waals surface area contributed by atoms with Crippen molar-refractivity contribution in [2.45, 2.75) is 39.4 Å². The van der Waals surface area contributed by atoms with E-state index >= 15 is 0 Å². The molecule has 0 aliphatic carbocycles. The third-order valence-corrected chi connectivity index (χ3v) is 7.33. The number of rotatable bonds is 14. The molecule has 0 unspecified atom stereocenters. The normalized spacial score (nSPS) is 12.4. The number of nitrogens with zero attached hydrogens (tertiary/aromatic N) is 5. The fraction of sp³-hybridized carbons (Fsp3) is 0.364. The zero-order valence-electron chi connectivity index (χ0n) is 27.7. The third kappa shape index (κ3) is 10.6. The molecule has 1 aliphatic heterocycles. The van der Waals surface area contributed by atoms with Crippen molar-refractivity contribution in [1.82, 2.24) is 14.9 Å². The standard InChI is InChI=1S/C31H39N7O4.C2HF3O2/c1-6-28(39)34-23-12-11-13-24(16-23)38-29-22(20-33-30(35-29)32-14-9-10-15-36(7-2)8-3)21-37(31(38)40)25-17-26(41-4)19-27(18-25)42-5;3-2(4,5)1(6)7/h6,11-13,16-20H,1,7-10,14-15,21H2,2-5H3,(H,34,39)(H,32,33,35);(H,6,7). The van der Waals surface area contributed by atoms with Crippen molar-refractivity contribution in [3.8, 4) is 11.5 Å². The molecular formula is C33H40F3N7O6. The number of methoxy groups -OCH3 is 2. The molecule has 0 atom stereocenters. The molecule has 0 bridgehead atoms. The summed E-state index contributed by atoms with van der Waals surface area (Å²) < 4.78 is 42.6. The van der Waals surface area contributed by atoms with E-state index in [0.717, 1.165) is 38.0 Å². The number of anilines is 5. The fourth-order valence-electron chi connectivity index (χ4n) is 4.74. The molecule has 3 aromatic rings. The molecular weight excluding hydrogens is 647 g/mol. The van der Waals surface area contributed by atoms with E-state index in [9.17, 15) is 22.8 Å². The summed E-state index contributed by atoms with van der Waals surface area (Å²) in [4.78, 5) is 50.0. The molecule has 0 radical (unpaired) electrons.